The van der Waals surface area contributed by atoms with Crippen molar-refractivity contribution in [3.05, 3.63) is 41.2 Å². The summed E-state index contributed by atoms with van der Waals surface area (Å²) < 4.78 is 17.6. The van der Waals surface area contributed by atoms with Gasteiger partial charge in [-0.3, -0.25) is 0 Å². The molecule has 0 aliphatic rings. The molecular formula is C11H11FO2. The zero-order valence-corrected chi connectivity index (χ0v) is 8.08. The first kappa shape index (κ1) is 10.4. The summed E-state index contributed by atoms with van der Waals surface area (Å²) in [5.74, 6) is -0.838. The van der Waals surface area contributed by atoms with Gasteiger partial charge in [0.15, 0.2) is 0 Å². The van der Waals surface area contributed by atoms with Gasteiger partial charge in [0, 0.05) is 11.6 Å². The van der Waals surface area contributed by atoms with Crippen molar-refractivity contribution in [3.8, 4) is 0 Å². The number of aryl methyl sites for hydroxylation is 1. The molecule has 1 aromatic rings. The highest BCUT2D eigenvalue weighted by Crippen LogP contribution is 2.11. The molecule has 0 aromatic heterocycles. The van der Waals surface area contributed by atoms with Gasteiger partial charge in [0.1, 0.15) is 5.82 Å². The zero-order chi connectivity index (χ0) is 10.6. The molecule has 0 heterocycles. The number of esters is 1. The topological polar surface area (TPSA) is 26.3 Å². The Morgan fingerprint density at radius 3 is 2.79 bits per heavy atom. The lowest BCUT2D eigenvalue weighted by Crippen LogP contribution is -1.93. The molecule has 3 heteroatoms. The number of carbonyl (C=O) groups is 1. The summed E-state index contributed by atoms with van der Waals surface area (Å²) >= 11 is 0. The molecule has 74 valence electrons. The van der Waals surface area contributed by atoms with E-state index < -0.39 is 5.97 Å². The molecule has 0 atom stereocenters. The standard InChI is InChI=1S/C11H11FO2/c1-8-3-4-9(10(12)7-8)5-6-11(13)14-2/h3-7H,1-2H3/b6-5+. The van der Waals surface area contributed by atoms with Crippen LogP contribution in [0.25, 0.3) is 6.08 Å². The lowest BCUT2D eigenvalue weighted by Gasteiger charge is -1.97. The summed E-state index contributed by atoms with van der Waals surface area (Å²) in [4.78, 5) is 10.7. The van der Waals surface area contributed by atoms with Gasteiger partial charge in [0.05, 0.1) is 7.11 Å². The van der Waals surface area contributed by atoms with Crippen LogP contribution in [0.3, 0.4) is 0 Å². The monoisotopic (exact) mass is 194 g/mol. The van der Waals surface area contributed by atoms with Crippen LogP contribution < -0.4 is 0 Å². The van der Waals surface area contributed by atoms with Crippen LogP contribution in [0.2, 0.25) is 0 Å². The molecule has 0 radical (unpaired) electrons. The molecule has 0 amide bonds. The van der Waals surface area contributed by atoms with Crippen molar-refractivity contribution in [2.24, 2.45) is 0 Å². The zero-order valence-electron chi connectivity index (χ0n) is 8.08. The van der Waals surface area contributed by atoms with Gasteiger partial charge in [-0.25, -0.2) is 9.18 Å². The number of hydrogen-bond donors (Lipinski definition) is 0. The summed E-state index contributed by atoms with van der Waals surface area (Å²) in [7, 11) is 1.28. The normalized spacial score (nSPS) is 10.5. The molecule has 0 aliphatic carbocycles. The number of hydrogen-bond acceptors (Lipinski definition) is 2. The summed E-state index contributed by atoms with van der Waals surface area (Å²) in [5.41, 5.74) is 1.22. The molecule has 14 heavy (non-hydrogen) atoms. The van der Waals surface area contributed by atoms with Crippen LogP contribution in [0.4, 0.5) is 4.39 Å². The van der Waals surface area contributed by atoms with Crippen LogP contribution in [-0.4, -0.2) is 13.1 Å². The fourth-order valence-electron chi connectivity index (χ4n) is 0.993. The molecule has 1 rings (SSSR count). The van der Waals surface area contributed by atoms with Crippen LogP contribution in [0.15, 0.2) is 24.3 Å². The molecule has 0 fully saturated rings. The third kappa shape index (κ3) is 2.69. The molecule has 0 saturated carbocycles. The van der Waals surface area contributed by atoms with Gasteiger partial charge in [-0.15, -0.1) is 0 Å². The number of rotatable bonds is 2. The predicted molar refractivity (Wildman–Crippen MR) is 52.2 cm³/mol. The number of halogens is 1. The van der Waals surface area contributed by atoms with Crippen LogP contribution >= 0.6 is 0 Å². The Kier molecular flexibility index (Phi) is 3.40. The lowest BCUT2D eigenvalue weighted by molar-refractivity contribution is -0.134. The highest BCUT2D eigenvalue weighted by Gasteiger charge is 1.99. The average Bonchev–Trinajstić information content (AvgIpc) is 2.16. The first-order valence-electron chi connectivity index (χ1n) is 4.15. The molecule has 0 aliphatic heterocycles. The van der Waals surface area contributed by atoms with E-state index in [1.54, 1.807) is 19.1 Å². The molecule has 0 spiro atoms. The van der Waals surface area contributed by atoms with Crippen LogP contribution in [-0.2, 0) is 9.53 Å². The first-order chi connectivity index (χ1) is 6.63. The Balaban J connectivity index is 2.87. The van der Waals surface area contributed by atoms with E-state index in [1.807, 2.05) is 0 Å². The number of benzene rings is 1. The van der Waals surface area contributed by atoms with E-state index in [2.05, 4.69) is 4.74 Å². The minimum absolute atomic E-state index is 0.342. The third-order valence-corrected chi connectivity index (χ3v) is 1.76. The quantitative estimate of drug-likeness (QED) is 0.533. The third-order valence-electron chi connectivity index (χ3n) is 1.76. The molecule has 2 nitrogen and oxygen atoms in total. The molecule has 0 bridgehead atoms. The SMILES string of the molecule is COC(=O)/C=C/c1ccc(C)cc1F. The van der Waals surface area contributed by atoms with Crippen molar-refractivity contribution in [2.45, 2.75) is 6.92 Å². The molecule has 0 N–H and O–H groups in total. The Morgan fingerprint density at radius 1 is 1.50 bits per heavy atom. The highest BCUT2D eigenvalue weighted by atomic mass is 19.1. The predicted octanol–water partition coefficient (Wildman–Crippen LogP) is 2.32. The molecule has 0 saturated heterocycles. The summed E-state index contributed by atoms with van der Waals surface area (Å²) in [6.07, 6.45) is 2.58. The maximum absolute atomic E-state index is 13.2. The van der Waals surface area contributed by atoms with Gasteiger partial charge in [0.25, 0.3) is 0 Å². The van der Waals surface area contributed by atoms with E-state index in [1.165, 1.54) is 25.3 Å². The maximum atomic E-state index is 13.2. The van der Waals surface area contributed by atoms with Gasteiger partial charge in [0.2, 0.25) is 0 Å². The first-order valence-corrected chi connectivity index (χ1v) is 4.15. The average molecular weight is 194 g/mol. The second-order valence-electron chi connectivity index (χ2n) is 2.88. The number of methoxy groups -OCH3 is 1. The van der Waals surface area contributed by atoms with Crippen LogP contribution in [0.5, 0.6) is 0 Å². The smallest absolute Gasteiger partial charge is 0.330 e. The van der Waals surface area contributed by atoms with E-state index in [-0.39, 0.29) is 5.82 Å². The summed E-state index contributed by atoms with van der Waals surface area (Å²) in [6, 6.07) is 4.81. The molecular weight excluding hydrogens is 183 g/mol. The number of carbonyl (C=O) groups excluding carboxylic acids is 1. The van der Waals surface area contributed by atoms with E-state index >= 15 is 0 Å². The number of ether oxygens (including phenoxy) is 1. The Hall–Kier alpha value is -1.64. The van der Waals surface area contributed by atoms with Gasteiger partial charge in [-0.2, -0.15) is 0 Å². The summed E-state index contributed by atoms with van der Waals surface area (Å²) in [5, 5.41) is 0. The molecule has 1 aromatic carbocycles. The highest BCUT2D eigenvalue weighted by molar-refractivity contribution is 5.86. The van der Waals surface area contributed by atoms with E-state index in [0.717, 1.165) is 5.56 Å². The lowest BCUT2D eigenvalue weighted by atomic mass is 10.1. The minimum atomic E-state index is -0.495. The minimum Gasteiger partial charge on any atom is -0.466 e. The van der Waals surface area contributed by atoms with Crippen molar-refractivity contribution in [3.63, 3.8) is 0 Å². The Morgan fingerprint density at radius 2 is 2.21 bits per heavy atom. The fourth-order valence-corrected chi connectivity index (χ4v) is 0.993. The largest absolute Gasteiger partial charge is 0.466 e. The fraction of sp³-hybridized carbons (Fsp3) is 0.182. The maximum Gasteiger partial charge on any atom is 0.330 e. The van der Waals surface area contributed by atoms with E-state index in [4.69, 9.17) is 0 Å². The second-order valence-corrected chi connectivity index (χ2v) is 2.88. The van der Waals surface area contributed by atoms with Crippen molar-refractivity contribution in [1.29, 1.82) is 0 Å². The van der Waals surface area contributed by atoms with Crippen molar-refractivity contribution >= 4 is 12.0 Å². The summed E-state index contributed by atoms with van der Waals surface area (Å²) in [6.45, 7) is 1.80. The molecule has 0 unspecified atom stereocenters. The van der Waals surface area contributed by atoms with Gasteiger partial charge < -0.3 is 4.74 Å². The van der Waals surface area contributed by atoms with Crippen molar-refractivity contribution < 1.29 is 13.9 Å². The van der Waals surface area contributed by atoms with Gasteiger partial charge in [-0.1, -0.05) is 12.1 Å². The van der Waals surface area contributed by atoms with Gasteiger partial charge in [-0.05, 0) is 24.6 Å². The van der Waals surface area contributed by atoms with E-state index in [9.17, 15) is 9.18 Å². The van der Waals surface area contributed by atoms with Crippen molar-refractivity contribution in [2.75, 3.05) is 7.11 Å². The van der Waals surface area contributed by atoms with Crippen molar-refractivity contribution in [1.82, 2.24) is 0 Å². The van der Waals surface area contributed by atoms with Crippen LogP contribution in [0.1, 0.15) is 11.1 Å². The van der Waals surface area contributed by atoms with E-state index in [0.29, 0.717) is 5.56 Å². The van der Waals surface area contributed by atoms with Gasteiger partial charge >= 0.3 is 5.97 Å². The Bertz CT molecular complexity index is 370. The Labute approximate surface area is 82.0 Å². The second kappa shape index (κ2) is 4.56. The van der Waals surface area contributed by atoms with Crippen LogP contribution in [0, 0.1) is 12.7 Å².